The first-order valence-electron chi connectivity index (χ1n) is 7.01. The van der Waals surface area contributed by atoms with Gasteiger partial charge in [0.1, 0.15) is 0 Å². The number of halogens is 3. The predicted molar refractivity (Wildman–Crippen MR) is 79.0 cm³/mol. The third-order valence-electron chi connectivity index (χ3n) is 3.25. The van der Waals surface area contributed by atoms with Gasteiger partial charge in [0, 0.05) is 0 Å². The maximum atomic E-state index is 12.9. The van der Waals surface area contributed by atoms with Crippen molar-refractivity contribution in [1.29, 1.82) is 0 Å². The summed E-state index contributed by atoms with van der Waals surface area (Å²) in [5.74, 6) is 0. The van der Waals surface area contributed by atoms with E-state index in [2.05, 4.69) is 13.0 Å². The number of aryl methyl sites for hydroxylation is 2. The molecule has 0 aromatic heterocycles. The summed E-state index contributed by atoms with van der Waals surface area (Å²) in [5.41, 5.74) is 2.32. The van der Waals surface area contributed by atoms with Gasteiger partial charge in [-0.1, -0.05) is 0 Å². The van der Waals surface area contributed by atoms with Crippen LogP contribution in [0.5, 0.6) is 0 Å². The van der Waals surface area contributed by atoms with E-state index in [0.717, 1.165) is 24.8 Å². The van der Waals surface area contributed by atoms with Gasteiger partial charge in [-0.3, -0.25) is 0 Å². The number of hydrogen-bond donors (Lipinski definition) is 0. The van der Waals surface area contributed by atoms with E-state index in [1.807, 2.05) is 18.2 Å². The molecule has 0 amide bonds. The van der Waals surface area contributed by atoms with Crippen molar-refractivity contribution in [2.45, 2.75) is 45.4 Å². The van der Waals surface area contributed by atoms with Gasteiger partial charge in [-0.15, -0.1) is 0 Å². The average molecular weight is 292 g/mol. The summed E-state index contributed by atoms with van der Waals surface area (Å²) in [7, 11) is -5.82. The predicted octanol–water partition coefficient (Wildman–Crippen LogP) is 6.19. The van der Waals surface area contributed by atoms with Crippen molar-refractivity contribution in [3.63, 3.8) is 0 Å². The zero-order valence-electron chi connectivity index (χ0n) is 11.8. The van der Waals surface area contributed by atoms with Crippen LogP contribution < -0.4 is 0 Å². The molecular weight excluding hydrogens is 268 g/mol. The molecule has 0 nitrogen and oxygen atoms in total. The fourth-order valence-electron chi connectivity index (χ4n) is 2.22. The Morgan fingerprint density at radius 1 is 0.895 bits per heavy atom. The first kappa shape index (κ1) is 16.5. The monoisotopic (exact) mass is 292 g/mol. The fourth-order valence-corrected chi connectivity index (χ4v) is 3.05. The molecule has 19 heavy (non-hydrogen) atoms. The van der Waals surface area contributed by atoms with Crippen LogP contribution in [0.3, 0.4) is 0 Å². The van der Waals surface area contributed by atoms with Crippen LogP contribution in [-0.2, 0) is 12.8 Å². The van der Waals surface area contributed by atoms with Crippen LogP contribution in [0.15, 0.2) is 24.3 Å². The molecule has 0 aliphatic heterocycles. The molecule has 0 aliphatic carbocycles. The Bertz CT molecular complexity index is 387. The van der Waals surface area contributed by atoms with Crippen molar-refractivity contribution in [3.05, 3.63) is 35.4 Å². The summed E-state index contributed by atoms with van der Waals surface area (Å²) in [4.78, 5) is 0. The van der Waals surface area contributed by atoms with E-state index in [-0.39, 0.29) is 6.42 Å². The van der Waals surface area contributed by atoms with E-state index in [1.54, 1.807) is 0 Å². The summed E-state index contributed by atoms with van der Waals surface area (Å²) < 4.78 is 38.8. The van der Waals surface area contributed by atoms with Crippen molar-refractivity contribution >= 4 is 7.54 Å². The van der Waals surface area contributed by atoms with Gasteiger partial charge >= 0.3 is 114 Å². The second-order valence-electron chi connectivity index (χ2n) is 5.43. The van der Waals surface area contributed by atoms with Crippen molar-refractivity contribution < 1.29 is 12.6 Å². The van der Waals surface area contributed by atoms with E-state index in [4.69, 9.17) is 0 Å². The standard InChI is InChI=1S/C15H24F3P/c1-3-4-5-9-14-10-6-7-11-15(14)12-8-13-19(2,16,17)18/h6-7,10-11H,3-5,8-9,12-13H2,1-2H3. The normalized spacial score (nSPS) is 14.1. The second kappa shape index (κ2) is 6.74. The van der Waals surface area contributed by atoms with Crippen LogP contribution in [0, 0.1) is 0 Å². The summed E-state index contributed by atoms with van der Waals surface area (Å²) in [6.45, 7) is 2.64. The minimum absolute atomic E-state index is 0.225. The quantitative estimate of drug-likeness (QED) is 0.396. The Labute approximate surface area is 114 Å². The molecule has 0 N–H and O–H groups in total. The fraction of sp³-hybridized carbons (Fsp3) is 0.600. The van der Waals surface area contributed by atoms with E-state index in [0.29, 0.717) is 13.1 Å². The van der Waals surface area contributed by atoms with Gasteiger partial charge in [0.25, 0.3) is 0 Å². The molecule has 0 heterocycles. The van der Waals surface area contributed by atoms with Gasteiger partial charge < -0.3 is 0 Å². The summed E-state index contributed by atoms with van der Waals surface area (Å²) in [6, 6.07) is 7.92. The molecule has 1 aromatic rings. The topological polar surface area (TPSA) is 0 Å². The molecule has 1 rings (SSSR count). The number of rotatable bonds is 8. The Morgan fingerprint density at radius 3 is 1.89 bits per heavy atom. The Balaban J connectivity index is 2.53. The first-order chi connectivity index (χ1) is 8.78. The van der Waals surface area contributed by atoms with Gasteiger partial charge in [-0.2, -0.15) is 0 Å². The summed E-state index contributed by atoms with van der Waals surface area (Å²) >= 11 is 0. The molecule has 0 radical (unpaired) electrons. The van der Waals surface area contributed by atoms with Gasteiger partial charge in [0.2, 0.25) is 0 Å². The van der Waals surface area contributed by atoms with Crippen molar-refractivity contribution in [2.75, 3.05) is 12.8 Å². The molecule has 4 heteroatoms. The van der Waals surface area contributed by atoms with E-state index in [9.17, 15) is 12.6 Å². The third kappa shape index (κ3) is 7.57. The maximum absolute atomic E-state index is 12.9. The van der Waals surface area contributed by atoms with E-state index < -0.39 is 13.7 Å². The van der Waals surface area contributed by atoms with Crippen LogP contribution in [0.1, 0.15) is 43.7 Å². The molecule has 0 fully saturated rings. The Morgan fingerprint density at radius 2 is 1.42 bits per heavy atom. The van der Waals surface area contributed by atoms with E-state index >= 15 is 0 Å². The molecule has 0 unspecified atom stereocenters. The van der Waals surface area contributed by atoms with Gasteiger partial charge in [-0.25, -0.2) is 0 Å². The SMILES string of the molecule is CCCCCc1ccccc1CCCP(C)(F)(F)F. The zero-order chi connectivity index (χ0) is 14.4. The first-order valence-corrected chi connectivity index (χ1v) is 9.55. The molecule has 1 aromatic carbocycles. The average Bonchev–Trinajstić information content (AvgIpc) is 2.29. The molecule has 0 spiro atoms. The number of benzene rings is 1. The Kier molecular flexibility index (Phi) is 5.85. The molecule has 0 saturated carbocycles. The molecule has 0 aliphatic rings. The molecule has 0 bridgehead atoms. The summed E-state index contributed by atoms with van der Waals surface area (Å²) in [5, 5.41) is 0. The Hall–Kier alpha value is -0.560. The van der Waals surface area contributed by atoms with Crippen LogP contribution >= 0.6 is 7.54 Å². The molecule has 110 valence electrons. The van der Waals surface area contributed by atoms with Crippen molar-refractivity contribution in [1.82, 2.24) is 0 Å². The summed E-state index contributed by atoms with van der Waals surface area (Å²) in [6.07, 6.45) is 4.64. The molecule has 0 saturated heterocycles. The molecular formula is C15H24F3P. The van der Waals surface area contributed by atoms with E-state index in [1.165, 1.54) is 12.0 Å². The van der Waals surface area contributed by atoms with Crippen LogP contribution in [0.4, 0.5) is 12.6 Å². The second-order valence-corrected chi connectivity index (χ2v) is 8.62. The van der Waals surface area contributed by atoms with Crippen LogP contribution in [0.25, 0.3) is 0 Å². The number of hydrogen-bond acceptors (Lipinski definition) is 0. The number of unbranched alkanes of at least 4 members (excludes halogenated alkanes) is 2. The van der Waals surface area contributed by atoms with Crippen LogP contribution in [-0.4, -0.2) is 12.8 Å². The zero-order valence-corrected chi connectivity index (χ0v) is 12.7. The van der Waals surface area contributed by atoms with Gasteiger partial charge in [0.15, 0.2) is 0 Å². The van der Waals surface area contributed by atoms with Crippen molar-refractivity contribution in [2.24, 2.45) is 0 Å². The van der Waals surface area contributed by atoms with Crippen molar-refractivity contribution in [3.8, 4) is 0 Å². The van der Waals surface area contributed by atoms with Crippen LogP contribution in [0.2, 0.25) is 0 Å². The molecule has 0 atom stereocenters. The minimum atomic E-state index is -5.82. The third-order valence-corrected chi connectivity index (χ3v) is 4.52. The van der Waals surface area contributed by atoms with Gasteiger partial charge in [-0.05, 0) is 0 Å². The van der Waals surface area contributed by atoms with Gasteiger partial charge in [0.05, 0.1) is 0 Å².